The number of methoxy groups -OCH3 is 1. The number of Topliss-reactive ketones (excluding diaryl/α,β-unsaturated/α-hetero) is 1. The first-order valence-corrected chi connectivity index (χ1v) is 9.90. The van der Waals surface area contributed by atoms with Gasteiger partial charge in [0, 0.05) is 7.11 Å². The van der Waals surface area contributed by atoms with Gasteiger partial charge >= 0.3 is 0 Å². The van der Waals surface area contributed by atoms with E-state index in [1.165, 1.54) is 0 Å². The van der Waals surface area contributed by atoms with Gasteiger partial charge in [-0.1, -0.05) is 38.8 Å². The third-order valence-corrected chi connectivity index (χ3v) is 8.06. The predicted octanol–water partition coefficient (Wildman–Crippen LogP) is 3.90. The smallest absolute Gasteiger partial charge is 0.250 e. The van der Waals surface area contributed by atoms with Gasteiger partial charge < -0.3 is 9.16 Å². The summed E-state index contributed by atoms with van der Waals surface area (Å²) in [5, 5.41) is 0.0743. The highest BCUT2D eigenvalue weighted by Gasteiger charge is 2.39. The molecule has 21 heavy (non-hydrogen) atoms. The molecular formula is C17H24O3Si. The van der Waals surface area contributed by atoms with Crippen LogP contribution in [0.3, 0.4) is 0 Å². The molecule has 114 valence electrons. The number of hydrogen-bond donors (Lipinski definition) is 0. The third kappa shape index (κ3) is 4.73. The fourth-order valence-electron chi connectivity index (χ4n) is 1.43. The Balaban J connectivity index is 3.06. The molecule has 1 aromatic rings. The van der Waals surface area contributed by atoms with Gasteiger partial charge in [0.1, 0.15) is 12.4 Å². The van der Waals surface area contributed by atoms with Gasteiger partial charge in [-0.25, -0.2) is 0 Å². The topological polar surface area (TPSA) is 35.5 Å². The predicted molar refractivity (Wildman–Crippen MR) is 88.2 cm³/mol. The van der Waals surface area contributed by atoms with Crippen LogP contribution in [0.4, 0.5) is 0 Å². The number of carbonyl (C=O) groups excluding carboxylic acids is 1. The molecule has 0 N–H and O–H groups in total. The minimum atomic E-state index is -1.99. The first-order chi connectivity index (χ1) is 9.69. The summed E-state index contributed by atoms with van der Waals surface area (Å²) in [6.07, 6.45) is 0. The Bertz CT molecular complexity index is 559. The van der Waals surface area contributed by atoms with E-state index in [4.69, 9.17) is 9.16 Å². The summed E-state index contributed by atoms with van der Waals surface area (Å²) in [7, 11) is -0.437. The molecule has 0 spiro atoms. The highest BCUT2D eigenvalue weighted by molar-refractivity contribution is 6.74. The number of para-hydroxylation sites is 1. The number of ketones is 1. The highest BCUT2D eigenvalue weighted by atomic mass is 28.4. The Hall–Kier alpha value is -1.57. The molecule has 0 atom stereocenters. The van der Waals surface area contributed by atoms with E-state index in [0.717, 1.165) is 0 Å². The van der Waals surface area contributed by atoms with Gasteiger partial charge in [0.15, 0.2) is 0 Å². The molecule has 4 heteroatoms. The molecule has 0 heterocycles. The molecule has 0 aliphatic rings. The van der Waals surface area contributed by atoms with E-state index in [1.54, 1.807) is 13.2 Å². The van der Waals surface area contributed by atoms with E-state index in [-0.39, 0.29) is 17.4 Å². The fourth-order valence-corrected chi connectivity index (χ4v) is 2.46. The van der Waals surface area contributed by atoms with E-state index in [2.05, 4.69) is 45.7 Å². The zero-order valence-corrected chi connectivity index (χ0v) is 14.7. The molecule has 0 amide bonds. The van der Waals surface area contributed by atoms with Crippen LogP contribution in [0.1, 0.15) is 31.1 Å². The van der Waals surface area contributed by atoms with Crippen molar-refractivity contribution in [3.63, 3.8) is 0 Å². The summed E-state index contributed by atoms with van der Waals surface area (Å²) in [5.74, 6) is 5.66. The molecule has 0 bridgehead atoms. The maximum absolute atomic E-state index is 12.2. The monoisotopic (exact) mass is 304 g/mol. The van der Waals surface area contributed by atoms with Gasteiger partial charge in [-0.15, -0.1) is 0 Å². The van der Waals surface area contributed by atoms with Crippen molar-refractivity contribution in [2.45, 2.75) is 38.9 Å². The average Bonchev–Trinajstić information content (AvgIpc) is 2.37. The van der Waals surface area contributed by atoms with Crippen molar-refractivity contribution in [2.24, 2.45) is 0 Å². The van der Waals surface area contributed by atoms with Gasteiger partial charge in [0.25, 0.3) is 8.32 Å². The molecule has 0 aliphatic heterocycles. The summed E-state index contributed by atoms with van der Waals surface area (Å²) in [5.41, 5.74) is 0.519. The maximum Gasteiger partial charge on any atom is 0.250 e. The lowest BCUT2D eigenvalue weighted by Crippen LogP contribution is -2.44. The first-order valence-electron chi connectivity index (χ1n) is 6.99. The van der Waals surface area contributed by atoms with Crippen LogP contribution in [0.15, 0.2) is 24.3 Å². The van der Waals surface area contributed by atoms with Crippen LogP contribution >= 0.6 is 0 Å². The van der Waals surface area contributed by atoms with Crippen LogP contribution in [0.2, 0.25) is 18.1 Å². The minimum absolute atomic E-state index is 0.0743. The van der Waals surface area contributed by atoms with E-state index in [9.17, 15) is 4.79 Å². The largest absolute Gasteiger partial charge is 0.543 e. The molecule has 1 aromatic carbocycles. The highest BCUT2D eigenvalue weighted by Crippen LogP contribution is 2.38. The van der Waals surface area contributed by atoms with Gasteiger partial charge in [-0.05, 0) is 36.2 Å². The van der Waals surface area contributed by atoms with Crippen molar-refractivity contribution in [1.82, 2.24) is 0 Å². The molecule has 0 saturated heterocycles. The van der Waals surface area contributed by atoms with E-state index in [0.29, 0.717) is 11.3 Å². The van der Waals surface area contributed by atoms with E-state index >= 15 is 0 Å². The molecule has 1 rings (SSSR count). The number of rotatable bonds is 4. The Kier molecular flexibility index (Phi) is 5.76. The lowest BCUT2D eigenvalue weighted by molar-refractivity contribution is 0.105. The van der Waals surface area contributed by atoms with Crippen molar-refractivity contribution >= 4 is 14.1 Å². The van der Waals surface area contributed by atoms with Crippen LogP contribution in [-0.2, 0) is 4.74 Å². The Morgan fingerprint density at radius 3 is 2.43 bits per heavy atom. The number of benzene rings is 1. The Morgan fingerprint density at radius 2 is 1.86 bits per heavy atom. The molecule has 3 nitrogen and oxygen atoms in total. The first kappa shape index (κ1) is 17.5. The minimum Gasteiger partial charge on any atom is -0.543 e. The lowest BCUT2D eigenvalue weighted by atomic mass is 10.1. The quantitative estimate of drug-likeness (QED) is 0.366. The van der Waals surface area contributed by atoms with Gasteiger partial charge in [0.05, 0.1) is 5.56 Å². The second kappa shape index (κ2) is 6.93. The van der Waals surface area contributed by atoms with Crippen LogP contribution in [0, 0.1) is 11.8 Å². The molecule has 0 saturated carbocycles. The van der Waals surface area contributed by atoms with Gasteiger partial charge in [0.2, 0.25) is 5.78 Å². The molecule has 0 unspecified atom stereocenters. The summed E-state index contributed by atoms with van der Waals surface area (Å²) in [6, 6.07) is 7.30. The average molecular weight is 304 g/mol. The summed E-state index contributed by atoms with van der Waals surface area (Å²) in [6.45, 7) is 11.1. The third-order valence-electron chi connectivity index (χ3n) is 3.72. The van der Waals surface area contributed by atoms with Gasteiger partial charge in [-0.3, -0.25) is 4.79 Å². The van der Waals surface area contributed by atoms with Crippen LogP contribution in [0.5, 0.6) is 5.75 Å². The normalized spacial score (nSPS) is 11.5. The summed E-state index contributed by atoms with van der Waals surface area (Å²) < 4.78 is 11.1. The van der Waals surface area contributed by atoms with Crippen LogP contribution in [0.25, 0.3) is 0 Å². The standard InChI is InChI=1S/C17H24O3Si/c1-17(2,3)21(5,6)20-16-12-8-7-10-14(16)15(18)11-9-13-19-4/h7-8,10,12H,13H2,1-6H3. The Morgan fingerprint density at radius 1 is 1.24 bits per heavy atom. The van der Waals surface area contributed by atoms with Crippen LogP contribution < -0.4 is 4.43 Å². The SMILES string of the molecule is COCC#CC(=O)c1ccccc1O[Si](C)(C)C(C)(C)C. The molecule has 0 radical (unpaired) electrons. The molecule has 0 fully saturated rings. The second-order valence-corrected chi connectivity index (χ2v) is 11.1. The maximum atomic E-state index is 12.2. The zero-order valence-electron chi connectivity index (χ0n) is 13.7. The van der Waals surface area contributed by atoms with Gasteiger partial charge in [-0.2, -0.15) is 0 Å². The molecular weight excluding hydrogens is 280 g/mol. The van der Waals surface area contributed by atoms with Crippen molar-refractivity contribution in [2.75, 3.05) is 13.7 Å². The Labute approximate surface area is 128 Å². The molecule has 0 aromatic heterocycles. The second-order valence-electron chi connectivity index (χ2n) is 6.42. The van der Waals surface area contributed by atoms with Crippen LogP contribution in [-0.4, -0.2) is 27.8 Å². The summed E-state index contributed by atoms with van der Waals surface area (Å²) >= 11 is 0. The number of hydrogen-bond acceptors (Lipinski definition) is 3. The van der Waals surface area contributed by atoms with Crippen molar-refractivity contribution in [3.05, 3.63) is 29.8 Å². The fraction of sp³-hybridized carbons (Fsp3) is 0.471. The van der Waals surface area contributed by atoms with Crippen molar-refractivity contribution in [1.29, 1.82) is 0 Å². The lowest BCUT2D eigenvalue weighted by Gasteiger charge is -2.36. The summed E-state index contributed by atoms with van der Waals surface area (Å²) in [4.78, 5) is 12.2. The molecule has 0 aliphatic carbocycles. The zero-order chi connectivity index (χ0) is 16.1. The van der Waals surface area contributed by atoms with E-state index < -0.39 is 8.32 Å². The number of ether oxygens (including phenoxy) is 1. The van der Waals surface area contributed by atoms with Crippen molar-refractivity contribution < 1.29 is 14.0 Å². The number of carbonyl (C=O) groups is 1. The van der Waals surface area contributed by atoms with E-state index in [1.807, 2.05) is 18.2 Å². The van der Waals surface area contributed by atoms with Crippen molar-refractivity contribution in [3.8, 4) is 17.6 Å².